The zero-order chi connectivity index (χ0) is 14.8. The van der Waals surface area contributed by atoms with Crippen molar-refractivity contribution in [2.45, 2.75) is 45.2 Å². The van der Waals surface area contributed by atoms with Crippen LogP contribution >= 0.6 is 0 Å². The maximum absolute atomic E-state index is 12.4. The van der Waals surface area contributed by atoms with E-state index in [9.17, 15) is 4.79 Å². The van der Waals surface area contributed by atoms with Crippen LogP contribution in [0.5, 0.6) is 0 Å². The molecule has 0 saturated heterocycles. The third kappa shape index (κ3) is 3.87. The van der Waals surface area contributed by atoms with E-state index in [1.807, 2.05) is 39.0 Å². The number of carbonyl (C=O) groups is 1. The normalized spacial score (nSPS) is 14.8. The summed E-state index contributed by atoms with van der Waals surface area (Å²) in [5.74, 6) is -0.0830. The Morgan fingerprint density at radius 2 is 2.00 bits per heavy atom. The van der Waals surface area contributed by atoms with E-state index in [1.54, 1.807) is 7.11 Å². The molecule has 110 valence electrons. The fourth-order valence-corrected chi connectivity index (χ4v) is 1.93. The molecule has 1 aliphatic rings. The smallest absolute Gasteiger partial charge is 0.253 e. The highest BCUT2D eigenvalue weighted by Crippen LogP contribution is 2.32. The predicted molar refractivity (Wildman–Crippen MR) is 80.9 cm³/mol. The fourth-order valence-electron chi connectivity index (χ4n) is 1.93. The van der Waals surface area contributed by atoms with Crippen LogP contribution in [0.4, 0.5) is 11.4 Å². The highest BCUT2D eigenvalue weighted by molar-refractivity contribution is 6.02. The summed E-state index contributed by atoms with van der Waals surface area (Å²) < 4.78 is 0. The van der Waals surface area contributed by atoms with Gasteiger partial charge in [0.15, 0.2) is 0 Å². The van der Waals surface area contributed by atoms with Gasteiger partial charge in [-0.3, -0.25) is 15.1 Å². The van der Waals surface area contributed by atoms with E-state index >= 15 is 0 Å². The van der Waals surface area contributed by atoms with E-state index in [4.69, 9.17) is 4.84 Å². The predicted octanol–water partition coefficient (Wildman–Crippen LogP) is 2.76. The van der Waals surface area contributed by atoms with E-state index in [0.29, 0.717) is 11.6 Å². The Labute approximate surface area is 120 Å². The zero-order valence-electron chi connectivity index (χ0n) is 12.5. The first-order valence-electron chi connectivity index (χ1n) is 6.92. The molecular formula is C15H23N3O2. The van der Waals surface area contributed by atoms with E-state index in [1.165, 1.54) is 0 Å². The lowest BCUT2D eigenvalue weighted by Crippen LogP contribution is -2.40. The molecule has 0 radical (unpaired) electrons. The SMILES string of the molecule is CONc1cccc(C(=O)NC(C)(C)C)c1NC1CC1. The Morgan fingerprint density at radius 3 is 2.55 bits per heavy atom. The second kappa shape index (κ2) is 5.71. The van der Waals surface area contributed by atoms with Gasteiger partial charge in [0.2, 0.25) is 0 Å². The van der Waals surface area contributed by atoms with Gasteiger partial charge in [-0.25, -0.2) is 0 Å². The molecule has 0 aromatic heterocycles. The molecule has 3 N–H and O–H groups in total. The second-order valence-electron chi connectivity index (χ2n) is 6.16. The maximum Gasteiger partial charge on any atom is 0.253 e. The molecule has 1 aliphatic carbocycles. The number of rotatable bonds is 5. The van der Waals surface area contributed by atoms with Gasteiger partial charge in [0.05, 0.1) is 24.0 Å². The van der Waals surface area contributed by atoms with E-state index < -0.39 is 0 Å². The van der Waals surface area contributed by atoms with Crippen molar-refractivity contribution in [3.05, 3.63) is 23.8 Å². The average molecular weight is 277 g/mol. The molecule has 0 aliphatic heterocycles. The lowest BCUT2D eigenvalue weighted by Gasteiger charge is -2.23. The molecule has 2 rings (SSSR count). The van der Waals surface area contributed by atoms with Crippen LogP contribution in [0.2, 0.25) is 0 Å². The molecule has 5 nitrogen and oxygen atoms in total. The van der Waals surface area contributed by atoms with E-state index in [-0.39, 0.29) is 11.4 Å². The van der Waals surface area contributed by atoms with Crippen LogP contribution in [0.3, 0.4) is 0 Å². The molecule has 5 heteroatoms. The molecule has 1 saturated carbocycles. The van der Waals surface area contributed by atoms with Crippen LogP contribution < -0.4 is 16.1 Å². The summed E-state index contributed by atoms with van der Waals surface area (Å²) >= 11 is 0. The Bertz CT molecular complexity index is 490. The second-order valence-corrected chi connectivity index (χ2v) is 6.16. The summed E-state index contributed by atoms with van der Waals surface area (Å²) in [7, 11) is 1.56. The lowest BCUT2D eigenvalue weighted by molar-refractivity contribution is 0.0920. The molecule has 1 aromatic carbocycles. The van der Waals surface area contributed by atoms with Crippen molar-refractivity contribution in [3.8, 4) is 0 Å². The van der Waals surface area contributed by atoms with Crippen molar-refractivity contribution in [2.24, 2.45) is 0 Å². The molecule has 20 heavy (non-hydrogen) atoms. The third-order valence-electron chi connectivity index (χ3n) is 2.94. The summed E-state index contributed by atoms with van der Waals surface area (Å²) in [5.41, 5.74) is 4.78. The monoisotopic (exact) mass is 277 g/mol. The van der Waals surface area contributed by atoms with Gasteiger partial charge in [-0.2, -0.15) is 0 Å². The summed E-state index contributed by atoms with van der Waals surface area (Å²) in [4.78, 5) is 17.4. The molecular weight excluding hydrogens is 254 g/mol. The molecule has 0 unspecified atom stereocenters. The molecule has 0 heterocycles. The van der Waals surface area contributed by atoms with Crippen LogP contribution in [0.1, 0.15) is 44.0 Å². The highest BCUT2D eigenvalue weighted by Gasteiger charge is 2.26. The molecule has 1 fully saturated rings. The van der Waals surface area contributed by atoms with Gasteiger partial charge in [0.25, 0.3) is 5.91 Å². The van der Waals surface area contributed by atoms with E-state index in [0.717, 1.165) is 24.2 Å². The first kappa shape index (κ1) is 14.7. The largest absolute Gasteiger partial charge is 0.380 e. The van der Waals surface area contributed by atoms with Crippen LogP contribution in [-0.4, -0.2) is 24.6 Å². The van der Waals surface area contributed by atoms with Crippen molar-refractivity contribution in [3.63, 3.8) is 0 Å². The van der Waals surface area contributed by atoms with Gasteiger partial charge in [-0.05, 0) is 45.7 Å². The average Bonchev–Trinajstić information content (AvgIpc) is 3.13. The summed E-state index contributed by atoms with van der Waals surface area (Å²) in [6.45, 7) is 5.91. The first-order chi connectivity index (χ1) is 9.40. The lowest BCUT2D eigenvalue weighted by atomic mass is 10.1. The van der Waals surface area contributed by atoms with Crippen LogP contribution in [0.25, 0.3) is 0 Å². The standard InChI is InChI=1S/C15H23N3O2/c1-15(2,3)17-14(19)11-6-5-7-12(18-20-4)13(11)16-10-8-9-10/h5-7,10,16,18H,8-9H2,1-4H3,(H,17,19). The van der Waals surface area contributed by atoms with Crippen molar-refractivity contribution in [1.29, 1.82) is 0 Å². The summed E-state index contributed by atoms with van der Waals surface area (Å²) in [5, 5.41) is 6.39. The number of hydrogen-bond donors (Lipinski definition) is 3. The van der Waals surface area contributed by atoms with Gasteiger partial charge < -0.3 is 10.6 Å². The topological polar surface area (TPSA) is 62.4 Å². The number of para-hydroxylation sites is 1. The molecule has 1 aromatic rings. The molecule has 0 bridgehead atoms. The Morgan fingerprint density at radius 1 is 1.30 bits per heavy atom. The minimum Gasteiger partial charge on any atom is -0.380 e. The minimum atomic E-state index is -0.265. The number of nitrogens with one attached hydrogen (secondary N) is 3. The van der Waals surface area contributed by atoms with Crippen molar-refractivity contribution in [1.82, 2.24) is 5.32 Å². The fraction of sp³-hybridized carbons (Fsp3) is 0.533. The quantitative estimate of drug-likeness (QED) is 0.724. The highest BCUT2D eigenvalue weighted by atomic mass is 16.6. The molecule has 0 spiro atoms. The summed E-state index contributed by atoms with van der Waals surface area (Å²) in [6.07, 6.45) is 2.28. The number of benzene rings is 1. The van der Waals surface area contributed by atoms with Crippen molar-refractivity contribution < 1.29 is 9.63 Å². The number of carbonyl (C=O) groups excluding carboxylic acids is 1. The van der Waals surface area contributed by atoms with Gasteiger partial charge in [-0.15, -0.1) is 0 Å². The summed E-state index contributed by atoms with van der Waals surface area (Å²) in [6, 6.07) is 6.02. The van der Waals surface area contributed by atoms with Crippen molar-refractivity contribution >= 4 is 17.3 Å². The zero-order valence-corrected chi connectivity index (χ0v) is 12.5. The Hall–Kier alpha value is -1.75. The number of amides is 1. The molecule has 0 atom stereocenters. The molecule has 1 amide bonds. The number of hydrogen-bond acceptors (Lipinski definition) is 4. The van der Waals surface area contributed by atoms with Crippen molar-refractivity contribution in [2.75, 3.05) is 17.9 Å². The van der Waals surface area contributed by atoms with E-state index in [2.05, 4.69) is 16.1 Å². The van der Waals surface area contributed by atoms with Crippen LogP contribution in [0.15, 0.2) is 18.2 Å². The third-order valence-corrected chi connectivity index (χ3v) is 2.94. The minimum absolute atomic E-state index is 0.0830. The van der Waals surface area contributed by atoms with Crippen LogP contribution in [-0.2, 0) is 4.84 Å². The maximum atomic E-state index is 12.4. The van der Waals surface area contributed by atoms with Gasteiger partial charge in [-0.1, -0.05) is 6.07 Å². The Kier molecular flexibility index (Phi) is 4.18. The Balaban J connectivity index is 2.29. The van der Waals surface area contributed by atoms with Gasteiger partial charge in [0.1, 0.15) is 0 Å². The first-order valence-corrected chi connectivity index (χ1v) is 6.92. The van der Waals surface area contributed by atoms with Gasteiger partial charge in [0, 0.05) is 11.6 Å². The van der Waals surface area contributed by atoms with Gasteiger partial charge >= 0.3 is 0 Å². The van der Waals surface area contributed by atoms with Crippen LogP contribution in [0, 0.1) is 0 Å². The number of anilines is 2.